The van der Waals surface area contributed by atoms with Gasteiger partial charge in [-0.15, -0.1) is 0 Å². The van der Waals surface area contributed by atoms with E-state index in [2.05, 4.69) is 10.3 Å². The average Bonchev–Trinajstić information content (AvgIpc) is 3.10. The van der Waals surface area contributed by atoms with E-state index in [1.807, 2.05) is 42.5 Å². The molecular formula is C21H13F3N2OS. The topological polar surface area (TPSA) is 42.0 Å². The van der Waals surface area contributed by atoms with Crippen LogP contribution in [0.4, 0.5) is 18.3 Å². The van der Waals surface area contributed by atoms with Gasteiger partial charge in [0.05, 0.1) is 15.8 Å². The van der Waals surface area contributed by atoms with Crippen molar-refractivity contribution in [1.29, 1.82) is 0 Å². The zero-order valence-corrected chi connectivity index (χ0v) is 15.1. The molecule has 0 spiro atoms. The fourth-order valence-electron chi connectivity index (χ4n) is 2.84. The van der Waals surface area contributed by atoms with E-state index in [1.54, 1.807) is 18.2 Å². The molecule has 0 unspecified atom stereocenters. The third-order valence-electron chi connectivity index (χ3n) is 4.20. The second kappa shape index (κ2) is 7.09. The summed E-state index contributed by atoms with van der Waals surface area (Å²) in [7, 11) is 0. The van der Waals surface area contributed by atoms with Gasteiger partial charge in [-0.2, -0.15) is 13.2 Å². The van der Waals surface area contributed by atoms with Crippen LogP contribution in [-0.2, 0) is 6.18 Å². The molecule has 3 aromatic carbocycles. The molecule has 0 aliphatic carbocycles. The highest BCUT2D eigenvalue weighted by atomic mass is 32.1. The number of fused-ring (bicyclic) bond motifs is 1. The van der Waals surface area contributed by atoms with Crippen molar-refractivity contribution in [3.8, 4) is 11.1 Å². The van der Waals surface area contributed by atoms with Crippen LogP contribution in [0.25, 0.3) is 21.3 Å². The molecule has 0 saturated carbocycles. The Hall–Kier alpha value is -3.19. The molecule has 1 aromatic heterocycles. The number of benzene rings is 3. The number of nitrogens with zero attached hydrogens (tertiary/aromatic N) is 1. The molecule has 7 heteroatoms. The first-order valence-corrected chi connectivity index (χ1v) is 9.17. The highest BCUT2D eigenvalue weighted by Crippen LogP contribution is 2.37. The number of halogens is 3. The molecule has 4 aromatic rings. The first-order chi connectivity index (χ1) is 13.4. The van der Waals surface area contributed by atoms with Crippen molar-refractivity contribution in [2.45, 2.75) is 6.18 Å². The number of rotatable bonds is 3. The van der Waals surface area contributed by atoms with Crippen molar-refractivity contribution in [3.63, 3.8) is 0 Å². The molecule has 1 amide bonds. The Morgan fingerprint density at radius 1 is 0.857 bits per heavy atom. The predicted octanol–water partition coefficient (Wildman–Crippen LogP) is 6.23. The van der Waals surface area contributed by atoms with Crippen molar-refractivity contribution < 1.29 is 18.0 Å². The van der Waals surface area contributed by atoms with E-state index in [0.717, 1.165) is 28.5 Å². The first kappa shape index (κ1) is 18.2. The van der Waals surface area contributed by atoms with Crippen LogP contribution in [0.1, 0.15) is 15.9 Å². The fourth-order valence-corrected chi connectivity index (χ4v) is 3.73. The average molecular weight is 398 g/mol. The highest BCUT2D eigenvalue weighted by Gasteiger charge is 2.33. The van der Waals surface area contributed by atoms with Gasteiger partial charge in [0.1, 0.15) is 0 Å². The fraction of sp³-hybridized carbons (Fsp3) is 0.0476. The molecule has 0 radical (unpaired) electrons. The number of carbonyl (C=O) groups is 1. The lowest BCUT2D eigenvalue weighted by Gasteiger charge is -2.06. The number of nitrogens with one attached hydrogen (secondary N) is 1. The molecule has 140 valence electrons. The van der Waals surface area contributed by atoms with Gasteiger partial charge in [0.2, 0.25) is 0 Å². The summed E-state index contributed by atoms with van der Waals surface area (Å²) < 4.78 is 39.7. The number of amides is 1. The van der Waals surface area contributed by atoms with E-state index in [4.69, 9.17) is 0 Å². The number of carbonyl (C=O) groups excluding carboxylic acids is 1. The minimum absolute atomic E-state index is 0.129. The van der Waals surface area contributed by atoms with Gasteiger partial charge >= 0.3 is 6.18 Å². The maximum atomic E-state index is 13.1. The van der Waals surface area contributed by atoms with Crippen molar-refractivity contribution in [2.75, 3.05) is 5.32 Å². The van der Waals surface area contributed by atoms with Gasteiger partial charge in [-0.1, -0.05) is 59.9 Å². The third kappa shape index (κ3) is 3.61. The normalized spacial score (nSPS) is 11.5. The zero-order chi connectivity index (χ0) is 19.7. The Bertz CT molecular complexity index is 1140. The van der Waals surface area contributed by atoms with Crippen LogP contribution in [0.3, 0.4) is 0 Å². The number of thiazole rings is 1. The van der Waals surface area contributed by atoms with E-state index in [9.17, 15) is 18.0 Å². The van der Waals surface area contributed by atoms with Crippen LogP contribution in [0.5, 0.6) is 0 Å². The number of hydrogen-bond acceptors (Lipinski definition) is 3. The van der Waals surface area contributed by atoms with Gasteiger partial charge in [-0.3, -0.25) is 10.1 Å². The molecule has 0 saturated heterocycles. The van der Waals surface area contributed by atoms with Crippen LogP contribution >= 0.6 is 11.3 Å². The molecule has 28 heavy (non-hydrogen) atoms. The van der Waals surface area contributed by atoms with Gasteiger partial charge in [0, 0.05) is 5.56 Å². The molecule has 0 aliphatic rings. The Morgan fingerprint density at radius 2 is 1.54 bits per heavy atom. The molecule has 0 bridgehead atoms. The molecular weight excluding hydrogens is 385 g/mol. The summed E-state index contributed by atoms with van der Waals surface area (Å²) in [6, 6.07) is 20.6. The van der Waals surface area contributed by atoms with Gasteiger partial charge < -0.3 is 0 Å². The van der Waals surface area contributed by atoms with Crippen molar-refractivity contribution >= 4 is 32.6 Å². The summed E-state index contributed by atoms with van der Waals surface area (Å²) in [5.41, 5.74) is 1.42. The van der Waals surface area contributed by atoms with Crippen molar-refractivity contribution in [3.05, 3.63) is 83.9 Å². The monoisotopic (exact) mass is 398 g/mol. The van der Waals surface area contributed by atoms with E-state index in [1.165, 1.54) is 6.07 Å². The van der Waals surface area contributed by atoms with Crippen LogP contribution in [-0.4, -0.2) is 10.9 Å². The maximum Gasteiger partial charge on any atom is 0.418 e. The standard InChI is InChI=1S/C21H13F3N2OS/c22-21(23,24)16-7-4-8-17-18(16)25-20(28-17)26-19(27)15-11-9-14(10-12-15)13-5-2-1-3-6-13/h1-12H,(H,25,26,27). The summed E-state index contributed by atoms with van der Waals surface area (Å²) in [6.45, 7) is 0. The molecule has 0 atom stereocenters. The van der Waals surface area contributed by atoms with Gasteiger partial charge in [0.25, 0.3) is 5.91 Å². The Morgan fingerprint density at radius 3 is 2.21 bits per heavy atom. The van der Waals surface area contributed by atoms with Crippen LogP contribution in [0.2, 0.25) is 0 Å². The minimum Gasteiger partial charge on any atom is -0.298 e. The molecule has 0 aliphatic heterocycles. The van der Waals surface area contributed by atoms with E-state index in [-0.39, 0.29) is 10.6 Å². The lowest BCUT2D eigenvalue weighted by atomic mass is 10.0. The van der Waals surface area contributed by atoms with Gasteiger partial charge in [0.15, 0.2) is 5.13 Å². The summed E-state index contributed by atoms with van der Waals surface area (Å²) in [4.78, 5) is 16.4. The highest BCUT2D eigenvalue weighted by molar-refractivity contribution is 7.22. The number of hydrogen-bond donors (Lipinski definition) is 1. The van der Waals surface area contributed by atoms with E-state index >= 15 is 0 Å². The molecule has 4 rings (SSSR count). The largest absolute Gasteiger partial charge is 0.418 e. The lowest BCUT2D eigenvalue weighted by molar-refractivity contribution is -0.136. The quantitative estimate of drug-likeness (QED) is 0.444. The summed E-state index contributed by atoms with van der Waals surface area (Å²) >= 11 is 1.01. The van der Waals surface area contributed by atoms with E-state index < -0.39 is 17.6 Å². The summed E-state index contributed by atoms with van der Waals surface area (Å²) in [6.07, 6.45) is -4.50. The number of para-hydroxylation sites is 1. The van der Waals surface area contributed by atoms with Crippen LogP contribution in [0, 0.1) is 0 Å². The molecule has 1 heterocycles. The van der Waals surface area contributed by atoms with Crippen molar-refractivity contribution in [2.24, 2.45) is 0 Å². The van der Waals surface area contributed by atoms with Crippen LogP contribution in [0.15, 0.2) is 72.8 Å². The van der Waals surface area contributed by atoms with Crippen LogP contribution < -0.4 is 5.32 Å². The van der Waals surface area contributed by atoms with Crippen molar-refractivity contribution in [1.82, 2.24) is 4.98 Å². The second-order valence-corrected chi connectivity index (χ2v) is 7.10. The Labute approximate surface area is 162 Å². The number of aromatic nitrogens is 1. The predicted molar refractivity (Wildman–Crippen MR) is 104 cm³/mol. The lowest BCUT2D eigenvalue weighted by Crippen LogP contribution is -2.11. The first-order valence-electron chi connectivity index (χ1n) is 8.35. The van der Waals surface area contributed by atoms with Gasteiger partial charge in [-0.25, -0.2) is 4.98 Å². The zero-order valence-electron chi connectivity index (χ0n) is 14.3. The SMILES string of the molecule is O=C(Nc1nc2c(C(F)(F)F)cccc2s1)c1ccc(-c2ccccc2)cc1. The van der Waals surface area contributed by atoms with E-state index in [0.29, 0.717) is 10.3 Å². The summed E-state index contributed by atoms with van der Waals surface area (Å²) in [5, 5.41) is 2.72. The minimum atomic E-state index is -4.50. The second-order valence-electron chi connectivity index (χ2n) is 6.07. The Kier molecular flexibility index (Phi) is 4.60. The molecule has 0 fully saturated rings. The summed E-state index contributed by atoms with van der Waals surface area (Å²) in [5.74, 6) is -0.424. The smallest absolute Gasteiger partial charge is 0.298 e. The number of alkyl halides is 3. The molecule has 3 nitrogen and oxygen atoms in total. The maximum absolute atomic E-state index is 13.1. The van der Waals surface area contributed by atoms with Gasteiger partial charge in [-0.05, 0) is 35.4 Å². The molecule has 1 N–H and O–H groups in total. The third-order valence-corrected chi connectivity index (χ3v) is 5.14. The Balaban J connectivity index is 1.57. The number of anilines is 1.